The smallest absolute Gasteiger partial charge is 0.204 e. The van der Waals surface area contributed by atoms with Gasteiger partial charge in [0.2, 0.25) is 5.95 Å². The van der Waals surface area contributed by atoms with Crippen molar-refractivity contribution in [1.82, 2.24) is 19.4 Å². The SMILES string of the molecule is Fc1ccc(Cn2c(NC3CCN(CCNc4nccs4)CC3)nc3ccccc32)cc1. The van der Waals surface area contributed by atoms with Gasteiger partial charge < -0.3 is 20.1 Å². The van der Waals surface area contributed by atoms with Crippen molar-refractivity contribution in [3.05, 3.63) is 71.5 Å². The molecule has 3 heterocycles. The van der Waals surface area contributed by atoms with Gasteiger partial charge >= 0.3 is 0 Å². The molecule has 166 valence electrons. The molecule has 0 bridgehead atoms. The molecule has 0 aliphatic carbocycles. The molecule has 2 aromatic heterocycles. The summed E-state index contributed by atoms with van der Waals surface area (Å²) in [6.07, 6.45) is 3.99. The molecule has 0 atom stereocenters. The fraction of sp³-hybridized carbons (Fsp3) is 0.333. The van der Waals surface area contributed by atoms with Crippen LogP contribution in [-0.4, -0.2) is 51.7 Å². The first-order valence-electron chi connectivity index (χ1n) is 11.1. The molecule has 0 saturated carbocycles. The molecule has 2 aromatic carbocycles. The van der Waals surface area contributed by atoms with Gasteiger partial charge in [0.15, 0.2) is 5.13 Å². The lowest BCUT2D eigenvalue weighted by Gasteiger charge is -2.32. The molecule has 0 unspecified atom stereocenters. The molecule has 8 heteroatoms. The Morgan fingerprint density at radius 3 is 2.66 bits per heavy atom. The predicted molar refractivity (Wildman–Crippen MR) is 129 cm³/mol. The van der Waals surface area contributed by atoms with Crippen LogP contribution in [0.15, 0.2) is 60.1 Å². The summed E-state index contributed by atoms with van der Waals surface area (Å²) >= 11 is 1.64. The van der Waals surface area contributed by atoms with Crippen LogP contribution < -0.4 is 10.6 Å². The third kappa shape index (κ3) is 4.92. The number of nitrogens with one attached hydrogen (secondary N) is 2. The second-order valence-corrected chi connectivity index (χ2v) is 9.06. The zero-order valence-corrected chi connectivity index (χ0v) is 18.7. The highest BCUT2D eigenvalue weighted by Crippen LogP contribution is 2.24. The van der Waals surface area contributed by atoms with Crippen molar-refractivity contribution in [3.63, 3.8) is 0 Å². The molecule has 32 heavy (non-hydrogen) atoms. The van der Waals surface area contributed by atoms with Gasteiger partial charge in [0.25, 0.3) is 0 Å². The zero-order valence-electron chi connectivity index (χ0n) is 17.9. The van der Waals surface area contributed by atoms with E-state index in [0.29, 0.717) is 12.6 Å². The molecule has 0 spiro atoms. The van der Waals surface area contributed by atoms with E-state index in [-0.39, 0.29) is 5.82 Å². The van der Waals surface area contributed by atoms with Crippen molar-refractivity contribution < 1.29 is 4.39 Å². The summed E-state index contributed by atoms with van der Waals surface area (Å²) in [5.74, 6) is 0.676. The summed E-state index contributed by atoms with van der Waals surface area (Å²) in [4.78, 5) is 11.6. The van der Waals surface area contributed by atoms with Crippen LogP contribution in [0.2, 0.25) is 0 Å². The summed E-state index contributed by atoms with van der Waals surface area (Å²) in [7, 11) is 0. The number of thiazole rings is 1. The normalized spacial score (nSPS) is 15.3. The van der Waals surface area contributed by atoms with Crippen molar-refractivity contribution in [2.75, 3.05) is 36.8 Å². The number of imidazole rings is 1. The first kappa shape index (κ1) is 20.9. The van der Waals surface area contributed by atoms with E-state index in [4.69, 9.17) is 4.98 Å². The molecular weight excluding hydrogens is 423 g/mol. The highest BCUT2D eigenvalue weighted by Gasteiger charge is 2.21. The number of para-hydroxylation sites is 2. The first-order valence-corrected chi connectivity index (χ1v) is 11.9. The van der Waals surface area contributed by atoms with Gasteiger partial charge in [0.1, 0.15) is 5.82 Å². The Hall–Kier alpha value is -2.97. The van der Waals surface area contributed by atoms with E-state index in [1.54, 1.807) is 11.3 Å². The fourth-order valence-corrected chi connectivity index (χ4v) is 4.79. The number of aromatic nitrogens is 3. The lowest BCUT2D eigenvalue weighted by Crippen LogP contribution is -2.41. The highest BCUT2D eigenvalue weighted by atomic mass is 32.1. The topological polar surface area (TPSA) is 58.0 Å². The number of rotatable bonds is 8. The molecular formula is C24H27FN6S. The van der Waals surface area contributed by atoms with Gasteiger partial charge in [0.05, 0.1) is 17.6 Å². The molecule has 1 aliphatic rings. The van der Waals surface area contributed by atoms with E-state index in [1.807, 2.05) is 41.9 Å². The maximum Gasteiger partial charge on any atom is 0.204 e. The number of piperidine rings is 1. The van der Waals surface area contributed by atoms with Gasteiger partial charge in [-0.15, -0.1) is 11.3 Å². The van der Waals surface area contributed by atoms with E-state index >= 15 is 0 Å². The monoisotopic (exact) mass is 450 g/mol. The van der Waals surface area contributed by atoms with Crippen LogP contribution in [0.1, 0.15) is 18.4 Å². The summed E-state index contributed by atoms with van der Waals surface area (Å²) in [6.45, 7) is 4.73. The maximum atomic E-state index is 13.3. The Morgan fingerprint density at radius 2 is 1.88 bits per heavy atom. The molecule has 1 fully saturated rings. The third-order valence-corrected chi connectivity index (χ3v) is 6.70. The molecule has 5 rings (SSSR count). The van der Waals surface area contributed by atoms with Crippen molar-refractivity contribution in [1.29, 1.82) is 0 Å². The molecule has 6 nitrogen and oxygen atoms in total. The molecule has 1 aliphatic heterocycles. The number of benzene rings is 2. The highest BCUT2D eigenvalue weighted by molar-refractivity contribution is 7.13. The minimum absolute atomic E-state index is 0.212. The molecule has 1 saturated heterocycles. The van der Waals surface area contributed by atoms with Crippen LogP contribution in [0.25, 0.3) is 11.0 Å². The average Bonchev–Trinajstić information content (AvgIpc) is 3.45. The number of nitrogens with zero attached hydrogens (tertiary/aromatic N) is 4. The van der Waals surface area contributed by atoms with Gasteiger partial charge in [-0.05, 0) is 42.7 Å². The fourth-order valence-electron chi connectivity index (χ4n) is 4.23. The molecule has 4 aromatic rings. The summed E-state index contributed by atoms with van der Waals surface area (Å²) in [6, 6.07) is 15.3. The van der Waals surface area contributed by atoms with Crippen LogP contribution >= 0.6 is 11.3 Å². The van der Waals surface area contributed by atoms with Crippen molar-refractivity contribution in [3.8, 4) is 0 Å². The Morgan fingerprint density at radius 1 is 1.06 bits per heavy atom. The number of halogens is 1. The van der Waals surface area contributed by atoms with Crippen LogP contribution in [0.4, 0.5) is 15.5 Å². The lowest BCUT2D eigenvalue weighted by molar-refractivity contribution is 0.226. The lowest BCUT2D eigenvalue weighted by atomic mass is 10.1. The van der Waals surface area contributed by atoms with E-state index in [0.717, 1.165) is 66.7 Å². The Labute approximate surface area is 191 Å². The number of hydrogen-bond acceptors (Lipinski definition) is 6. The van der Waals surface area contributed by atoms with Gasteiger partial charge in [-0.3, -0.25) is 0 Å². The standard InChI is InChI=1S/C24H27FN6S/c25-19-7-5-18(6-8-19)17-31-22-4-2-1-3-21(22)29-23(31)28-20-9-13-30(14-10-20)15-11-26-24-27-12-16-32-24/h1-8,12,16,20H,9-11,13-15,17H2,(H,26,27)(H,28,29). The third-order valence-electron chi connectivity index (χ3n) is 5.97. The predicted octanol–water partition coefficient (Wildman–Crippen LogP) is 4.67. The molecule has 0 amide bonds. The Balaban J connectivity index is 1.22. The second kappa shape index (κ2) is 9.67. The quantitative estimate of drug-likeness (QED) is 0.409. The summed E-state index contributed by atoms with van der Waals surface area (Å²) < 4.78 is 15.5. The minimum Gasteiger partial charge on any atom is -0.360 e. The Bertz CT molecular complexity index is 1130. The summed E-state index contributed by atoms with van der Waals surface area (Å²) in [5, 5.41) is 10.1. The van der Waals surface area contributed by atoms with Crippen molar-refractivity contribution >= 4 is 33.5 Å². The van der Waals surface area contributed by atoms with Crippen LogP contribution in [-0.2, 0) is 6.54 Å². The zero-order chi connectivity index (χ0) is 21.8. The van der Waals surface area contributed by atoms with Crippen LogP contribution in [0, 0.1) is 5.82 Å². The molecule has 2 N–H and O–H groups in total. The van der Waals surface area contributed by atoms with Gasteiger partial charge in [-0.25, -0.2) is 14.4 Å². The Kier molecular flexibility index (Phi) is 6.31. The largest absolute Gasteiger partial charge is 0.360 e. The number of hydrogen-bond donors (Lipinski definition) is 2. The van der Waals surface area contributed by atoms with Crippen molar-refractivity contribution in [2.45, 2.75) is 25.4 Å². The van der Waals surface area contributed by atoms with Crippen LogP contribution in [0.3, 0.4) is 0 Å². The first-order chi connectivity index (χ1) is 15.7. The number of fused-ring (bicyclic) bond motifs is 1. The van der Waals surface area contributed by atoms with E-state index < -0.39 is 0 Å². The van der Waals surface area contributed by atoms with Gasteiger partial charge in [0, 0.05) is 43.8 Å². The second-order valence-electron chi connectivity index (χ2n) is 8.16. The van der Waals surface area contributed by atoms with Gasteiger partial charge in [-0.1, -0.05) is 24.3 Å². The molecule has 0 radical (unpaired) electrons. The summed E-state index contributed by atoms with van der Waals surface area (Å²) in [5.41, 5.74) is 3.12. The van der Waals surface area contributed by atoms with E-state index in [1.165, 1.54) is 12.1 Å². The maximum absolute atomic E-state index is 13.3. The van der Waals surface area contributed by atoms with E-state index in [9.17, 15) is 4.39 Å². The average molecular weight is 451 g/mol. The minimum atomic E-state index is -0.212. The van der Waals surface area contributed by atoms with E-state index in [2.05, 4.69) is 31.2 Å². The number of anilines is 2. The van der Waals surface area contributed by atoms with Crippen LogP contribution in [0.5, 0.6) is 0 Å². The number of likely N-dealkylation sites (tertiary alicyclic amines) is 1. The van der Waals surface area contributed by atoms with Gasteiger partial charge in [-0.2, -0.15) is 0 Å². The van der Waals surface area contributed by atoms with Crippen molar-refractivity contribution in [2.24, 2.45) is 0 Å².